The Morgan fingerprint density at radius 2 is 2.08 bits per heavy atom. The third-order valence-corrected chi connectivity index (χ3v) is 6.55. The molecule has 6 nitrogen and oxygen atoms in total. The monoisotopic (exact) mass is 384 g/mol. The second-order valence-electron chi connectivity index (χ2n) is 6.98. The third-order valence-electron chi connectivity index (χ3n) is 5.11. The van der Waals surface area contributed by atoms with E-state index in [4.69, 9.17) is 4.74 Å². The zero-order chi connectivity index (χ0) is 18.6. The van der Waals surface area contributed by atoms with Gasteiger partial charge in [0.1, 0.15) is 0 Å². The summed E-state index contributed by atoms with van der Waals surface area (Å²) in [6.45, 7) is 0.597. The molecule has 1 amide bonds. The molecular weight excluding hydrogens is 359 g/mol. The van der Waals surface area contributed by atoms with E-state index in [9.17, 15) is 17.6 Å². The van der Waals surface area contributed by atoms with Crippen molar-refractivity contribution >= 4 is 15.9 Å². The smallest absolute Gasteiger partial charge is 0.240 e. The van der Waals surface area contributed by atoms with Crippen molar-refractivity contribution in [3.8, 4) is 0 Å². The fraction of sp³-hybridized carbons (Fsp3) is 0.611. The Kier molecular flexibility index (Phi) is 5.94. The zero-order valence-electron chi connectivity index (χ0n) is 14.7. The number of halogens is 1. The van der Waals surface area contributed by atoms with Crippen LogP contribution in [0.2, 0.25) is 0 Å². The minimum Gasteiger partial charge on any atom is -0.368 e. The molecule has 1 N–H and O–H groups in total. The third kappa shape index (κ3) is 4.42. The lowest BCUT2D eigenvalue weighted by Gasteiger charge is -2.38. The van der Waals surface area contributed by atoms with Gasteiger partial charge in [0.2, 0.25) is 15.9 Å². The zero-order valence-corrected chi connectivity index (χ0v) is 15.5. The molecule has 0 unspecified atom stereocenters. The highest BCUT2D eigenvalue weighted by molar-refractivity contribution is 7.89. The predicted molar refractivity (Wildman–Crippen MR) is 94.9 cm³/mol. The van der Waals surface area contributed by atoms with Gasteiger partial charge < -0.3 is 9.64 Å². The van der Waals surface area contributed by atoms with Gasteiger partial charge in [-0.05, 0) is 37.8 Å². The van der Waals surface area contributed by atoms with Crippen LogP contribution in [0.3, 0.4) is 0 Å². The van der Waals surface area contributed by atoms with Gasteiger partial charge in [0, 0.05) is 19.6 Å². The Morgan fingerprint density at radius 1 is 1.31 bits per heavy atom. The number of amides is 1. The van der Waals surface area contributed by atoms with Gasteiger partial charge in [-0.3, -0.25) is 9.18 Å². The van der Waals surface area contributed by atoms with Gasteiger partial charge in [-0.2, -0.15) is 0 Å². The number of likely N-dealkylation sites (tertiary alicyclic amines) is 1. The number of rotatable bonds is 6. The molecule has 3 rings (SSSR count). The van der Waals surface area contributed by atoms with E-state index >= 15 is 0 Å². The molecule has 0 saturated carbocycles. The Bertz CT molecular complexity index is 728. The first-order chi connectivity index (χ1) is 12.4. The minimum atomic E-state index is -3.56. The van der Waals surface area contributed by atoms with Crippen LogP contribution in [0.5, 0.6) is 0 Å². The van der Waals surface area contributed by atoms with Crippen LogP contribution in [-0.4, -0.2) is 57.2 Å². The second-order valence-corrected chi connectivity index (χ2v) is 8.75. The number of nitrogens with zero attached hydrogens (tertiary/aromatic N) is 1. The quantitative estimate of drug-likeness (QED) is 0.812. The highest BCUT2D eigenvalue weighted by atomic mass is 32.2. The molecule has 144 valence electrons. The van der Waals surface area contributed by atoms with Crippen LogP contribution in [0.4, 0.5) is 4.39 Å². The van der Waals surface area contributed by atoms with E-state index in [-0.39, 0.29) is 29.9 Å². The number of sulfonamides is 1. The van der Waals surface area contributed by atoms with Crippen LogP contribution in [0.25, 0.3) is 0 Å². The number of benzene rings is 1. The molecule has 2 atom stereocenters. The molecular formula is C18H25FN2O4S. The van der Waals surface area contributed by atoms with Crippen molar-refractivity contribution in [3.05, 3.63) is 30.3 Å². The summed E-state index contributed by atoms with van der Waals surface area (Å²) in [5.74, 6) is -0.181. The fourth-order valence-corrected chi connectivity index (χ4v) is 4.84. The topological polar surface area (TPSA) is 75.7 Å². The standard InChI is InChI=1S/C18H25FN2O4S/c19-11-8-17(22)21-12-10-18(14-21)9-4-5-15(25-18)13-20-26(23,24)16-6-2-1-3-7-16/h1-3,6-7,15,20H,4-5,8-14H2/t15-,18-/m1/s1. The summed E-state index contributed by atoms with van der Waals surface area (Å²) in [7, 11) is -3.56. The van der Waals surface area contributed by atoms with Gasteiger partial charge in [-0.25, -0.2) is 13.1 Å². The molecule has 2 heterocycles. The number of nitrogens with one attached hydrogen (secondary N) is 1. The summed E-state index contributed by atoms with van der Waals surface area (Å²) < 4.78 is 45.9. The molecule has 0 bridgehead atoms. The van der Waals surface area contributed by atoms with Crippen molar-refractivity contribution in [1.82, 2.24) is 9.62 Å². The molecule has 2 fully saturated rings. The summed E-state index contributed by atoms with van der Waals surface area (Å²) >= 11 is 0. The molecule has 2 aliphatic rings. The van der Waals surface area contributed by atoms with Crippen LogP contribution in [0, 0.1) is 0 Å². The van der Waals surface area contributed by atoms with Gasteiger partial charge in [0.05, 0.1) is 29.7 Å². The maximum absolute atomic E-state index is 12.4. The molecule has 1 aromatic rings. The van der Waals surface area contributed by atoms with Gasteiger partial charge in [-0.15, -0.1) is 0 Å². The van der Waals surface area contributed by atoms with E-state index in [1.165, 1.54) is 0 Å². The van der Waals surface area contributed by atoms with Crippen molar-refractivity contribution in [3.63, 3.8) is 0 Å². The highest BCUT2D eigenvalue weighted by Crippen LogP contribution is 2.36. The lowest BCUT2D eigenvalue weighted by Crippen LogP contribution is -2.47. The molecule has 1 aromatic carbocycles. The van der Waals surface area contributed by atoms with E-state index in [0.717, 1.165) is 19.3 Å². The molecule has 2 aliphatic heterocycles. The molecule has 26 heavy (non-hydrogen) atoms. The normalized spacial score (nSPS) is 26.3. The van der Waals surface area contributed by atoms with Crippen molar-refractivity contribution < 1.29 is 22.3 Å². The molecule has 0 aromatic heterocycles. The fourth-order valence-electron chi connectivity index (χ4n) is 3.75. The van der Waals surface area contributed by atoms with E-state index in [2.05, 4.69) is 4.72 Å². The maximum atomic E-state index is 12.4. The van der Waals surface area contributed by atoms with Crippen molar-refractivity contribution in [2.45, 2.75) is 48.7 Å². The van der Waals surface area contributed by atoms with Crippen LogP contribution in [0.15, 0.2) is 35.2 Å². The van der Waals surface area contributed by atoms with Gasteiger partial charge in [-0.1, -0.05) is 18.2 Å². The number of carbonyl (C=O) groups is 1. The first-order valence-corrected chi connectivity index (χ1v) is 10.5. The summed E-state index contributed by atoms with van der Waals surface area (Å²) in [5, 5.41) is 0. The minimum absolute atomic E-state index is 0.0869. The van der Waals surface area contributed by atoms with Gasteiger partial charge in [0.25, 0.3) is 0 Å². The Hall–Kier alpha value is -1.51. The maximum Gasteiger partial charge on any atom is 0.240 e. The SMILES string of the molecule is O=C(CCF)N1CC[C@]2(CCC[C@H](CNS(=O)(=O)c3ccccc3)O2)C1. The molecule has 0 radical (unpaired) electrons. The Labute approximate surface area is 153 Å². The predicted octanol–water partition coefficient (Wildman–Crippen LogP) is 1.86. The number of hydrogen-bond acceptors (Lipinski definition) is 4. The number of hydrogen-bond donors (Lipinski definition) is 1. The Balaban J connectivity index is 1.57. The van der Waals surface area contributed by atoms with E-state index in [0.29, 0.717) is 19.5 Å². The number of ether oxygens (including phenoxy) is 1. The first-order valence-electron chi connectivity index (χ1n) is 9.00. The van der Waals surface area contributed by atoms with Crippen molar-refractivity contribution in [1.29, 1.82) is 0 Å². The lowest BCUT2D eigenvalue weighted by molar-refractivity contribution is -0.137. The van der Waals surface area contributed by atoms with E-state index in [1.54, 1.807) is 35.2 Å². The van der Waals surface area contributed by atoms with E-state index in [1.807, 2.05) is 0 Å². The van der Waals surface area contributed by atoms with Crippen LogP contribution in [0.1, 0.15) is 32.1 Å². The molecule has 2 saturated heterocycles. The average molecular weight is 384 g/mol. The van der Waals surface area contributed by atoms with E-state index < -0.39 is 22.3 Å². The van der Waals surface area contributed by atoms with Gasteiger partial charge in [0.15, 0.2) is 0 Å². The Morgan fingerprint density at radius 3 is 2.81 bits per heavy atom. The average Bonchev–Trinajstić information content (AvgIpc) is 3.04. The number of carbonyl (C=O) groups excluding carboxylic acids is 1. The highest BCUT2D eigenvalue weighted by Gasteiger charge is 2.44. The first kappa shape index (κ1) is 19.3. The largest absolute Gasteiger partial charge is 0.368 e. The number of alkyl halides is 1. The molecule has 8 heteroatoms. The van der Waals surface area contributed by atoms with Gasteiger partial charge >= 0.3 is 0 Å². The summed E-state index contributed by atoms with van der Waals surface area (Å²) in [4.78, 5) is 13.8. The lowest BCUT2D eigenvalue weighted by atomic mass is 9.90. The summed E-state index contributed by atoms with van der Waals surface area (Å²) in [6, 6.07) is 8.24. The van der Waals surface area contributed by atoms with Crippen LogP contribution < -0.4 is 4.72 Å². The molecule has 1 spiro atoms. The molecule has 0 aliphatic carbocycles. The van der Waals surface area contributed by atoms with Crippen molar-refractivity contribution in [2.24, 2.45) is 0 Å². The van der Waals surface area contributed by atoms with Crippen LogP contribution >= 0.6 is 0 Å². The summed E-state index contributed by atoms with van der Waals surface area (Å²) in [6.07, 6.45) is 2.94. The second kappa shape index (κ2) is 8.02. The van der Waals surface area contributed by atoms with Crippen molar-refractivity contribution in [2.75, 3.05) is 26.3 Å². The summed E-state index contributed by atoms with van der Waals surface area (Å²) in [5.41, 5.74) is -0.424. The van der Waals surface area contributed by atoms with Crippen LogP contribution in [-0.2, 0) is 19.6 Å².